The summed E-state index contributed by atoms with van der Waals surface area (Å²) in [5.41, 5.74) is 6.25. The average Bonchev–Trinajstić information content (AvgIpc) is 2.40. The van der Waals surface area contributed by atoms with Gasteiger partial charge in [0, 0.05) is 13.1 Å². The molecule has 1 rings (SSSR count). The summed E-state index contributed by atoms with van der Waals surface area (Å²) in [7, 11) is 0. The van der Waals surface area contributed by atoms with Crippen molar-refractivity contribution in [1.82, 2.24) is 5.32 Å². The third-order valence-electron chi connectivity index (χ3n) is 3.38. The molecule has 110 valence electrons. The highest BCUT2D eigenvalue weighted by atomic mass is 16.4. The Bertz CT molecular complexity index is 446. The van der Waals surface area contributed by atoms with Crippen LogP contribution in [0.25, 0.3) is 0 Å². The maximum Gasteiger partial charge on any atom is 0.312 e. The van der Waals surface area contributed by atoms with Gasteiger partial charge in [-0.2, -0.15) is 0 Å². The topological polar surface area (TPSA) is 92.4 Å². The van der Waals surface area contributed by atoms with Crippen LogP contribution in [0.4, 0.5) is 0 Å². The molecule has 0 spiro atoms. The van der Waals surface area contributed by atoms with Gasteiger partial charge >= 0.3 is 5.97 Å². The van der Waals surface area contributed by atoms with Crippen molar-refractivity contribution in [3.63, 3.8) is 0 Å². The summed E-state index contributed by atoms with van der Waals surface area (Å²) in [4.78, 5) is 23.3. The van der Waals surface area contributed by atoms with Crippen LogP contribution in [-0.2, 0) is 9.59 Å². The van der Waals surface area contributed by atoms with Crippen molar-refractivity contribution in [2.75, 3.05) is 13.1 Å². The van der Waals surface area contributed by atoms with Crippen molar-refractivity contribution in [3.8, 4) is 0 Å². The summed E-state index contributed by atoms with van der Waals surface area (Å²) in [6.45, 7) is 4.17. The van der Waals surface area contributed by atoms with Crippen molar-refractivity contribution in [2.45, 2.75) is 19.8 Å². The molecule has 0 fully saturated rings. The Hall–Kier alpha value is -1.88. The number of aliphatic carboxylic acids is 1. The Kier molecular flexibility index (Phi) is 6.18. The van der Waals surface area contributed by atoms with Gasteiger partial charge in [-0.05, 0) is 11.5 Å². The third kappa shape index (κ3) is 4.35. The molecule has 0 aromatic heterocycles. The number of carboxylic acid groups (broad SMARTS) is 1. The van der Waals surface area contributed by atoms with E-state index in [0.717, 1.165) is 0 Å². The fraction of sp³-hybridized carbons (Fsp3) is 0.467. The summed E-state index contributed by atoms with van der Waals surface area (Å²) in [5, 5.41) is 12.0. The average molecular weight is 278 g/mol. The predicted molar refractivity (Wildman–Crippen MR) is 77.2 cm³/mol. The molecule has 1 aromatic rings. The van der Waals surface area contributed by atoms with Crippen LogP contribution in [0.15, 0.2) is 30.3 Å². The lowest BCUT2D eigenvalue weighted by molar-refractivity contribution is -0.138. The van der Waals surface area contributed by atoms with Gasteiger partial charge in [0.1, 0.15) is 0 Å². The van der Waals surface area contributed by atoms with Crippen molar-refractivity contribution in [3.05, 3.63) is 35.9 Å². The first-order valence-corrected chi connectivity index (χ1v) is 6.72. The van der Waals surface area contributed by atoms with E-state index < -0.39 is 11.9 Å². The van der Waals surface area contributed by atoms with Gasteiger partial charge < -0.3 is 16.2 Å². The Morgan fingerprint density at radius 3 is 2.30 bits per heavy atom. The Morgan fingerprint density at radius 2 is 1.85 bits per heavy atom. The number of nitrogens with one attached hydrogen (secondary N) is 1. The van der Waals surface area contributed by atoms with E-state index in [1.54, 1.807) is 24.3 Å². The quantitative estimate of drug-likeness (QED) is 0.699. The van der Waals surface area contributed by atoms with E-state index >= 15 is 0 Å². The molecule has 0 saturated carbocycles. The molecular weight excluding hydrogens is 256 g/mol. The summed E-state index contributed by atoms with van der Waals surface area (Å²) < 4.78 is 0. The Morgan fingerprint density at radius 1 is 1.25 bits per heavy atom. The van der Waals surface area contributed by atoms with Crippen LogP contribution >= 0.6 is 0 Å². The lowest BCUT2D eigenvalue weighted by Crippen LogP contribution is -2.40. The van der Waals surface area contributed by atoms with E-state index in [2.05, 4.69) is 5.32 Å². The normalized spacial score (nSPS) is 13.8. The van der Waals surface area contributed by atoms with Crippen LogP contribution in [0.2, 0.25) is 0 Å². The first-order valence-electron chi connectivity index (χ1n) is 6.72. The van der Waals surface area contributed by atoms with Crippen LogP contribution in [0.1, 0.15) is 25.3 Å². The maximum atomic E-state index is 12.0. The second-order valence-electron chi connectivity index (χ2n) is 5.13. The number of benzene rings is 1. The van der Waals surface area contributed by atoms with Crippen LogP contribution in [0.3, 0.4) is 0 Å². The minimum Gasteiger partial charge on any atom is -0.481 e. The SMILES string of the molecule is CC(C)C(CN)C(=O)NCC(C(=O)O)c1ccccc1. The lowest BCUT2D eigenvalue weighted by Gasteiger charge is -2.20. The highest BCUT2D eigenvalue weighted by Gasteiger charge is 2.24. The van der Waals surface area contributed by atoms with Gasteiger partial charge in [-0.15, -0.1) is 0 Å². The molecule has 2 unspecified atom stereocenters. The van der Waals surface area contributed by atoms with Crippen LogP contribution in [0.5, 0.6) is 0 Å². The number of hydrogen-bond donors (Lipinski definition) is 3. The molecule has 4 N–H and O–H groups in total. The zero-order valence-electron chi connectivity index (χ0n) is 11.9. The molecule has 0 bridgehead atoms. The molecule has 0 heterocycles. The molecule has 2 atom stereocenters. The summed E-state index contributed by atoms with van der Waals surface area (Å²) in [6.07, 6.45) is 0. The predicted octanol–water partition coefficient (Wildman–Crippen LogP) is 1.20. The van der Waals surface area contributed by atoms with Crippen molar-refractivity contribution in [2.24, 2.45) is 17.6 Å². The molecule has 20 heavy (non-hydrogen) atoms. The maximum absolute atomic E-state index is 12.0. The third-order valence-corrected chi connectivity index (χ3v) is 3.38. The molecule has 5 nitrogen and oxygen atoms in total. The minimum absolute atomic E-state index is 0.0708. The number of amides is 1. The first kappa shape index (κ1) is 16.2. The number of carboxylic acids is 1. The summed E-state index contributed by atoms with van der Waals surface area (Å²) in [5.74, 6) is -2.05. The summed E-state index contributed by atoms with van der Waals surface area (Å²) >= 11 is 0. The molecule has 1 amide bonds. The van der Waals surface area contributed by atoms with Gasteiger partial charge in [0.05, 0.1) is 11.8 Å². The van der Waals surface area contributed by atoms with Gasteiger partial charge in [-0.25, -0.2) is 0 Å². The van der Waals surface area contributed by atoms with Gasteiger partial charge in [-0.1, -0.05) is 44.2 Å². The lowest BCUT2D eigenvalue weighted by atomic mass is 9.94. The minimum atomic E-state index is -0.953. The fourth-order valence-corrected chi connectivity index (χ4v) is 2.05. The highest BCUT2D eigenvalue weighted by Crippen LogP contribution is 2.15. The van der Waals surface area contributed by atoms with Crippen LogP contribution in [-0.4, -0.2) is 30.1 Å². The van der Waals surface area contributed by atoms with E-state index in [1.807, 2.05) is 19.9 Å². The van der Waals surface area contributed by atoms with Gasteiger partial charge in [0.25, 0.3) is 0 Å². The second kappa shape index (κ2) is 7.65. The standard InChI is InChI=1S/C15H22N2O3/c1-10(2)12(8-16)14(18)17-9-13(15(19)20)11-6-4-3-5-7-11/h3-7,10,12-13H,8-9,16H2,1-2H3,(H,17,18)(H,19,20). The van der Waals surface area contributed by atoms with Crippen molar-refractivity contribution >= 4 is 11.9 Å². The number of nitrogens with two attached hydrogens (primary N) is 1. The molecule has 0 radical (unpaired) electrons. The number of hydrogen-bond acceptors (Lipinski definition) is 3. The molecule has 0 aliphatic heterocycles. The monoisotopic (exact) mass is 278 g/mol. The van der Waals surface area contributed by atoms with Gasteiger partial charge in [-0.3, -0.25) is 9.59 Å². The fourth-order valence-electron chi connectivity index (χ4n) is 2.05. The number of carbonyl (C=O) groups is 2. The Labute approximate surface area is 119 Å². The molecular formula is C15H22N2O3. The molecule has 1 aromatic carbocycles. The number of carbonyl (C=O) groups excluding carboxylic acids is 1. The molecule has 0 aliphatic carbocycles. The second-order valence-corrected chi connectivity index (χ2v) is 5.13. The van der Waals surface area contributed by atoms with Gasteiger partial charge in [0.2, 0.25) is 5.91 Å². The van der Waals surface area contributed by atoms with Crippen LogP contribution < -0.4 is 11.1 Å². The van der Waals surface area contributed by atoms with Crippen molar-refractivity contribution < 1.29 is 14.7 Å². The smallest absolute Gasteiger partial charge is 0.312 e. The molecule has 5 heteroatoms. The Balaban J connectivity index is 2.69. The highest BCUT2D eigenvalue weighted by molar-refractivity contribution is 5.81. The number of rotatable bonds is 7. The largest absolute Gasteiger partial charge is 0.481 e. The first-order chi connectivity index (χ1) is 9.47. The zero-order chi connectivity index (χ0) is 15.1. The van der Waals surface area contributed by atoms with Crippen molar-refractivity contribution in [1.29, 1.82) is 0 Å². The van der Waals surface area contributed by atoms with E-state index in [-0.39, 0.29) is 30.8 Å². The summed E-state index contributed by atoms with van der Waals surface area (Å²) in [6, 6.07) is 8.87. The van der Waals surface area contributed by atoms with Gasteiger partial charge in [0.15, 0.2) is 0 Å². The van der Waals surface area contributed by atoms with E-state index in [1.165, 1.54) is 0 Å². The van der Waals surface area contributed by atoms with Crippen LogP contribution in [0, 0.1) is 11.8 Å². The molecule has 0 saturated heterocycles. The van der Waals surface area contributed by atoms with E-state index in [4.69, 9.17) is 5.73 Å². The van der Waals surface area contributed by atoms with E-state index in [0.29, 0.717) is 5.56 Å². The molecule has 0 aliphatic rings. The zero-order valence-corrected chi connectivity index (χ0v) is 11.9. The van der Waals surface area contributed by atoms with E-state index in [9.17, 15) is 14.7 Å².